The van der Waals surface area contributed by atoms with Gasteiger partial charge in [-0.25, -0.2) is 4.79 Å². The zero-order valence-electron chi connectivity index (χ0n) is 19.6. The number of hydrogen-bond donors (Lipinski definition) is 1. The molecule has 3 heterocycles. The first-order chi connectivity index (χ1) is 17.1. The number of esters is 1. The molecule has 2 aromatic heterocycles. The topological polar surface area (TPSA) is 59.4 Å². The molecule has 0 bridgehead atoms. The normalized spacial score (nSPS) is 17.3. The largest absolute Gasteiger partial charge is 0.465 e. The number of aryl methyl sites for hydroxylation is 1. The van der Waals surface area contributed by atoms with Crippen LogP contribution in [0.5, 0.6) is 0 Å². The number of nitrogens with one attached hydrogen (secondary N) is 1. The van der Waals surface area contributed by atoms with Crippen molar-refractivity contribution in [3.05, 3.63) is 114 Å². The van der Waals surface area contributed by atoms with Gasteiger partial charge in [-0.1, -0.05) is 37.3 Å². The van der Waals surface area contributed by atoms with E-state index in [1.807, 2.05) is 53.2 Å². The summed E-state index contributed by atoms with van der Waals surface area (Å²) in [6, 6.07) is 25.5. The van der Waals surface area contributed by atoms with Gasteiger partial charge in [0.05, 0.1) is 30.1 Å². The van der Waals surface area contributed by atoms with E-state index in [2.05, 4.69) is 52.5 Å². The Hall–Kier alpha value is -3.97. The van der Waals surface area contributed by atoms with E-state index in [1.54, 1.807) is 12.3 Å². The first-order valence-electron chi connectivity index (χ1n) is 11.6. The fraction of sp³-hybridized carbons (Fsp3) is 0.179. The molecule has 1 aliphatic rings. The molecule has 176 valence electrons. The molecule has 0 amide bonds. The van der Waals surface area contributed by atoms with Crippen LogP contribution >= 0.6 is 12.2 Å². The summed E-state index contributed by atoms with van der Waals surface area (Å²) in [5.74, 6) is -0.381. The Morgan fingerprint density at radius 1 is 1.03 bits per heavy atom. The number of aromatic nitrogens is 2. The Balaban J connectivity index is 1.67. The van der Waals surface area contributed by atoms with Crippen LogP contribution in [0.2, 0.25) is 0 Å². The summed E-state index contributed by atoms with van der Waals surface area (Å²) in [5.41, 5.74) is 5.37. The second-order valence-electron chi connectivity index (χ2n) is 8.33. The molecule has 2 aromatic carbocycles. The molecule has 0 spiro atoms. The molecule has 1 N–H and O–H groups in total. The third-order valence-corrected chi connectivity index (χ3v) is 6.69. The quantitative estimate of drug-likeness (QED) is 0.293. The third-order valence-electron chi connectivity index (χ3n) is 6.37. The summed E-state index contributed by atoms with van der Waals surface area (Å²) < 4.78 is 7.09. The first kappa shape index (κ1) is 22.8. The van der Waals surface area contributed by atoms with Crippen molar-refractivity contribution in [1.29, 1.82) is 0 Å². The molecule has 7 heteroatoms. The average Bonchev–Trinajstić information content (AvgIpc) is 3.53. The highest BCUT2D eigenvalue weighted by Crippen LogP contribution is 2.42. The van der Waals surface area contributed by atoms with Crippen molar-refractivity contribution in [2.75, 3.05) is 12.0 Å². The van der Waals surface area contributed by atoms with Crippen LogP contribution in [0.15, 0.2) is 91.3 Å². The van der Waals surface area contributed by atoms with Crippen LogP contribution in [0.4, 0.5) is 5.69 Å². The minimum absolute atomic E-state index is 0.187. The molecule has 1 fully saturated rings. The maximum Gasteiger partial charge on any atom is 0.339 e. The number of hydrogen-bond acceptors (Lipinski definition) is 4. The van der Waals surface area contributed by atoms with Crippen LogP contribution in [0.3, 0.4) is 0 Å². The molecular weight excluding hydrogens is 456 g/mol. The van der Waals surface area contributed by atoms with Crippen molar-refractivity contribution in [3.8, 4) is 5.69 Å². The second-order valence-corrected chi connectivity index (χ2v) is 8.72. The number of para-hydroxylation sites is 1. The van der Waals surface area contributed by atoms with Gasteiger partial charge >= 0.3 is 5.97 Å². The van der Waals surface area contributed by atoms with Gasteiger partial charge in [-0.2, -0.15) is 0 Å². The lowest BCUT2D eigenvalue weighted by Crippen LogP contribution is -2.30. The number of carbonyl (C=O) groups is 1. The molecule has 4 aromatic rings. The summed E-state index contributed by atoms with van der Waals surface area (Å²) in [6.07, 6.45) is 4.73. The van der Waals surface area contributed by atoms with E-state index in [9.17, 15) is 4.79 Å². The number of ether oxygens (including phenoxy) is 1. The summed E-state index contributed by atoms with van der Waals surface area (Å²) in [4.78, 5) is 19.3. The number of benzene rings is 2. The monoisotopic (exact) mass is 482 g/mol. The van der Waals surface area contributed by atoms with E-state index in [0.717, 1.165) is 29.2 Å². The molecule has 1 aliphatic heterocycles. The zero-order chi connectivity index (χ0) is 24.4. The lowest BCUT2D eigenvalue weighted by Gasteiger charge is -2.29. The van der Waals surface area contributed by atoms with Crippen LogP contribution in [-0.4, -0.2) is 27.7 Å². The van der Waals surface area contributed by atoms with Crippen molar-refractivity contribution in [3.63, 3.8) is 0 Å². The van der Waals surface area contributed by atoms with Crippen LogP contribution in [0.25, 0.3) is 5.69 Å². The summed E-state index contributed by atoms with van der Waals surface area (Å²) in [5, 5.41) is 4.13. The van der Waals surface area contributed by atoms with Crippen molar-refractivity contribution in [2.45, 2.75) is 25.4 Å². The van der Waals surface area contributed by atoms with Crippen molar-refractivity contribution >= 4 is 29.0 Å². The fourth-order valence-electron chi connectivity index (χ4n) is 4.65. The van der Waals surface area contributed by atoms with Gasteiger partial charge in [0.1, 0.15) is 6.04 Å². The third kappa shape index (κ3) is 4.19. The Labute approximate surface area is 210 Å². The molecule has 5 rings (SSSR count). The molecule has 1 saturated heterocycles. The maximum absolute atomic E-state index is 12.6. The van der Waals surface area contributed by atoms with Gasteiger partial charge in [-0.15, -0.1) is 0 Å². The van der Waals surface area contributed by atoms with Crippen molar-refractivity contribution in [1.82, 2.24) is 14.9 Å². The Bertz CT molecular complexity index is 1350. The highest BCUT2D eigenvalue weighted by molar-refractivity contribution is 7.80. The van der Waals surface area contributed by atoms with Crippen molar-refractivity contribution < 1.29 is 9.53 Å². The standard InChI is InChI=1S/C28H26N4O2S/c1-3-19-13-15-20(16-14-19)32-26(25(30-28(32)35)22-10-6-7-17-29-22)24-12-8-18-31(24)23-11-5-4-9-21(23)27(33)34-2/h4-18,25-26H,3H2,1-2H3,(H,30,35). The van der Waals surface area contributed by atoms with Crippen LogP contribution in [0, 0.1) is 0 Å². The smallest absolute Gasteiger partial charge is 0.339 e. The summed E-state index contributed by atoms with van der Waals surface area (Å²) >= 11 is 5.86. The minimum Gasteiger partial charge on any atom is -0.465 e. The SMILES string of the molecule is CCc1ccc(N2C(=S)NC(c3ccccn3)C2c2cccn2-c2ccccc2C(=O)OC)cc1. The summed E-state index contributed by atoms with van der Waals surface area (Å²) in [6.45, 7) is 2.14. The highest BCUT2D eigenvalue weighted by Gasteiger charge is 2.42. The molecule has 0 aliphatic carbocycles. The van der Waals surface area contributed by atoms with Crippen LogP contribution < -0.4 is 10.2 Å². The lowest BCUT2D eigenvalue weighted by atomic mass is 10.00. The van der Waals surface area contributed by atoms with Gasteiger partial charge in [0, 0.05) is 23.8 Å². The highest BCUT2D eigenvalue weighted by atomic mass is 32.1. The molecular formula is C28H26N4O2S. The Morgan fingerprint density at radius 2 is 1.80 bits per heavy atom. The van der Waals surface area contributed by atoms with E-state index >= 15 is 0 Å². The molecule has 0 saturated carbocycles. The fourth-order valence-corrected chi connectivity index (χ4v) is 4.99. The van der Waals surface area contributed by atoms with Gasteiger partial charge in [-0.3, -0.25) is 4.98 Å². The van der Waals surface area contributed by atoms with Gasteiger partial charge in [-0.05, 0) is 72.7 Å². The minimum atomic E-state index is -0.381. The number of nitrogens with zero attached hydrogens (tertiary/aromatic N) is 3. The van der Waals surface area contributed by atoms with Gasteiger partial charge in [0.2, 0.25) is 0 Å². The lowest BCUT2D eigenvalue weighted by molar-refractivity contribution is 0.0600. The van der Waals surface area contributed by atoms with Crippen LogP contribution in [-0.2, 0) is 11.2 Å². The molecule has 2 atom stereocenters. The predicted octanol–water partition coefficient (Wildman–Crippen LogP) is 5.40. The molecule has 0 radical (unpaired) electrons. The number of anilines is 1. The van der Waals surface area contributed by atoms with Gasteiger partial charge < -0.3 is 19.5 Å². The molecule has 35 heavy (non-hydrogen) atoms. The Kier molecular flexibility index (Phi) is 6.33. The van der Waals surface area contributed by atoms with E-state index in [1.165, 1.54) is 12.7 Å². The first-order valence-corrected chi connectivity index (χ1v) is 12.0. The van der Waals surface area contributed by atoms with Crippen molar-refractivity contribution in [2.24, 2.45) is 0 Å². The number of methoxy groups -OCH3 is 1. The molecule has 2 unspecified atom stereocenters. The molecule has 6 nitrogen and oxygen atoms in total. The predicted molar refractivity (Wildman–Crippen MR) is 141 cm³/mol. The van der Waals surface area contributed by atoms with Crippen LogP contribution in [0.1, 0.15) is 46.3 Å². The Morgan fingerprint density at radius 3 is 2.51 bits per heavy atom. The number of carbonyl (C=O) groups excluding carboxylic acids is 1. The second kappa shape index (κ2) is 9.72. The van der Waals surface area contributed by atoms with E-state index < -0.39 is 0 Å². The number of thiocarbonyl (C=S) groups is 1. The van der Waals surface area contributed by atoms with E-state index in [0.29, 0.717) is 10.7 Å². The maximum atomic E-state index is 12.6. The van der Waals surface area contributed by atoms with Gasteiger partial charge in [0.25, 0.3) is 0 Å². The van der Waals surface area contributed by atoms with Gasteiger partial charge in [0.15, 0.2) is 5.11 Å². The summed E-state index contributed by atoms with van der Waals surface area (Å²) in [7, 11) is 1.40. The zero-order valence-corrected chi connectivity index (χ0v) is 20.4. The number of rotatable bonds is 6. The van der Waals surface area contributed by atoms with E-state index in [-0.39, 0.29) is 18.1 Å². The average molecular weight is 483 g/mol. The van der Waals surface area contributed by atoms with E-state index in [4.69, 9.17) is 17.0 Å². The number of pyridine rings is 1.